The van der Waals surface area contributed by atoms with Crippen LogP contribution in [0.3, 0.4) is 0 Å². The summed E-state index contributed by atoms with van der Waals surface area (Å²) in [6, 6.07) is 5.37. The number of nitrogens with zero attached hydrogens (tertiary/aromatic N) is 3. The largest absolute Gasteiger partial charge is 0.416 e. The maximum atomic E-state index is 12.9. The first-order valence-electron chi connectivity index (χ1n) is 7.74. The quantitative estimate of drug-likeness (QED) is 0.845. The maximum absolute atomic E-state index is 12.9. The fourth-order valence-corrected chi connectivity index (χ4v) is 2.73. The summed E-state index contributed by atoms with van der Waals surface area (Å²) in [4.78, 5) is 4.21. The molecule has 2 N–H and O–H groups in total. The van der Waals surface area contributed by atoms with Gasteiger partial charge in [0.25, 0.3) is 0 Å². The number of hydrogen-bond acceptors (Lipinski definition) is 4. The third kappa shape index (κ3) is 4.85. The van der Waals surface area contributed by atoms with Gasteiger partial charge in [-0.05, 0) is 44.1 Å². The molecular formula is C16H21F3N4. The molecule has 1 aliphatic heterocycles. The highest BCUT2D eigenvalue weighted by atomic mass is 19.4. The van der Waals surface area contributed by atoms with Crippen LogP contribution in [0, 0.1) is 11.3 Å². The molecule has 1 aliphatic rings. The van der Waals surface area contributed by atoms with Crippen molar-refractivity contribution in [1.82, 2.24) is 4.90 Å². The van der Waals surface area contributed by atoms with Gasteiger partial charge in [-0.15, -0.1) is 0 Å². The zero-order valence-electron chi connectivity index (χ0n) is 12.9. The smallest absolute Gasteiger partial charge is 0.369 e. The van der Waals surface area contributed by atoms with Crippen molar-refractivity contribution < 1.29 is 13.2 Å². The van der Waals surface area contributed by atoms with E-state index in [-0.39, 0.29) is 5.56 Å². The molecule has 0 atom stereocenters. The van der Waals surface area contributed by atoms with Crippen molar-refractivity contribution in [3.8, 4) is 6.07 Å². The molecule has 4 nitrogen and oxygen atoms in total. The van der Waals surface area contributed by atoms with Gasteiger partial charge in [0.05, 0.1) is 17.2 Å². The molecule has 0 bridgehead atoms. The summed E-state index contributed by atoms with van der Waals surface area (Å²) in [5, 5.41) is 8.96. The number of halogens is 3. The molecule has 23 heavy (non-hydrogen) atoms. The number of rotatable bonds is 5. The summed E-state index contributed by atoms with van der Waals surface area (Å²) >= 11 is 0. The van der Waals surface area contributed by atoms with Crippen LogP contribution in [0.1, 0.15) is 24.0 Å². The third-order valence-corrected chi connectivity index (χ3v) is 4.04. The monoisotopic (exact) mass is 326 g/mol. The summed E-state index contributed by atoms with van der Waals surface area (Å²) in [5.41, 5.74) is 5.22. The lowest BCUT2D eigenvalue weighted by Gasteiger charge is -2.36. The van der Waals surface area contributed by atoms with Crippen molar-refractivity contribution in [3.63, 3.8) is 0 Å². The summed E-state index contributed by atoms with van der Waals surface area (Å²) in [6.45, 7) is 4.59. The van der Waals surface area contributed by atoms with Crippen LogP contribution in [-0.4, -0.2) is 44.2 Å². The molecule has 0 amide bonds. The SMILES string of the molecule is N#Cc1cc(N2CCN(CCCCN)CC2)cc(C(F)(F)F)c1. The van der Waals surface area contributed by atoms with Crippen molar-refractivity contribution in [2.24, 2.45) is 5.73 Å². The molecule has 0 unspecified atom stereocenters. The van der Waals surface area contributed by atoms with Gasteiger partial charge < -0.3 is 10.6 Å². The maximum Gasteiger partial charge on any atom is 0.416 e. The van der Waals surface area contributed by atoms with Gasteiger partial charge in [-0.1, -0.05) is 0 Å². The second kappa shape index (κ2) is 7.66. The first-order chi connectivity index (χ1) is 10.9. The number of nitriles is 1. The third-order valence-electron chi connectivity index (χ3n) is 4.04. The average molecular weight is 326 g/mol. The molecule has 1 aromatic carbocycles. The fourth-order valence-electron chi connectivity index (χ4n) is 2.73. The van der Waals surface area contributed by atoms with E-state index in [1.165, 1.54) is 6.07 Å². The minimum Gasteiger partial charge on any atom is -0.369 e. The number of piperazine rings is 1. The minimum atomic E-state index is -4.44. The van der Waals surface area contributed by atoms with E-state index < -0.39 is 11.7 Å². The lowest BCUT2D eigenvalue weighted by Crippen LogP contribution is -2.46. The summed E-state index contributed by atoms with van der Waals surface area (Å²) in [7, 11) is 0. The van der Waals surface area contributed by atoms with Gasteiger partial charge in [0.1, 0.15) is 0 Å². The Kier molecular flexibility index (Phi) is 5.85. The van der Waals surface area contributed by atoms with E-state index in [0.717, 1.165) is 44.6 Å². The zero-order valence-corrected chi connectivity index (χ0v) is 12.9. The van der Waals surface area contributed by atoms with Crippen molar-refractivity contribution in [2.75, 3.05) is 44.2 Å². The van der Waals surface area contributed by atoms with Crippen LogP contribution in [-0.2, 0) is 6.18 Å². The van der Waals surface area contributed by atoms with Gasteiger partial charge in [0.2, 0.25) is 0 Å². The molecule has 7 heteroatoms. The molecule has 1 saturated heterocycles. The van der Waals surface area contributed by atoms with E-state index in [1.807, 2.05) is 11.0 Å². The van der Waals surface area contributed by atoms with E-state index >= 15 is 0 Å². The zero-order chi connectivity index (χ0) is 16.9. The highest BCUT2D eigenvalue weighted by Gasteiger charge is 2.32. The Hall–Kier alpha value is -1.78. The Morgan fingerprint density at radius 2 is 1.78 bits per heavy atom. The Morgan fingerprint density at radius 3 is 2.35 bits per heavy atom. The molecule has 0 aliphatic carbocycles. The van der Waals surface area contributed by atoms with Crippen LogP contribution in [0.4, 0.5) is 18.9 Å². The first kappa shape index (κ1) is 17.6. The second-order valence-electron chi connectivity index (χ2n) is 5.70. The topological polar surface area (TPSA) is 56.3 Å². The summed E-state index contributed by atoms with van der Waals surface area (Å²) in [6.07, 6.45) is -2.41. The van der Waals surface area contributed by atoms with Gasteiger partial charge in [-0.2, -0.15) is 18.4 Å². The fraction of sp³-hybridized carbons (Fsp3) is 0.562. The highest BCUT2D eigenvalue weighted by Crippen LogP contribution is 2.33. The van der Waals surface area contributed by atoms with Gasteiger partial charge >= 0.3 is 6.18 Å². The van der Waals surface area contributed by atoms with E-state index in [2.05, 4.69) is 4.90 Å². The Balaban J connectivity index is 2.04. The standard InChI is InChI=1S/C16H21F3N4/c17-16(18,19)14-9-13(12-21)10-15(11-14)23-7-5-22(6-8-23)4-2-1-3-20/h9-11H,1-8,20H2. The van der Waals surface area contributed by atoms with Crippen molar-refractivity contribution >= 4 is 5.69 Å². The second-order valence-corrected chi connectivity index (χ2v) is 5.70. The molecule has 126 valence electrons. The van der Waals surface area contributed by atoms with E-state index in [9.17, 15) is 13.2 Å². The van der Waals surface area contributed by atoms with Crippen LogP contribution in [0.2, 0.25) is 0 Å². The van der Waals surface area contributed by atoms with E-state index in [4.69, 9.17) is 11.0 Å². The van der Waals surface area contributed by atoms with Crippen LogP contribution in [0.25, 0.3) is 0 Å². The Morgan fingerprint density at radius 1 is 1.09 bits per heavy atom. The average Bonchev–Trinajstić information content (AvgIpc) is 2.54. The van der Waals surface area contributed by atoms with Crippen LogP contribution in [0.5, 0.6) is 0 Å². The van der Waals surface area contributed by atoms with Crippen molar-refractivity contribution in [1.29, 1.82) is 5.26 Å². The Labute approximate surface area is 134 Å². The van der Waals surface area contributed by atoms with E-state index in [1.54, 1.807) is 0 Å². The molecule has 1 aromatic rings. The van der Waals surface area contributed by atoms with Gasteiger partial charge in [-0.3, -0.25) is 4.90 Å². The molecule has 1 fully saturated rings. The van der Waals surface area contributed by atoms with E-state index in [0.29, 0.717) is 25.3 Å². The molecule has 1 heterocycles. The van der Waals surface area contributed by atoms with Crippen LogP contribution < -0.4 is 10.6 Å². The predicted molar refractivity (Wildman–Crippen MR) is 83.1 cm³/mol. The number of nitrogens with two attached hydrogens (primary N) is 1. The normalized spacial score (nSPS) is 16.4. The number of benzene rings is 1. The van der Waals surface area contributed by atoms with Crippen molar-refractivity contribution in [3.05, 3.63) is 29.3 Å². The summed E-state index contributed by atoms with van der Waals surface area (Å²) < 4.78 is 38.8. The minimum absolute atomic E-state index is 0.0419. The van der Waals surface area contributed by atoms with Crippen LogP contribution >= 0.6 is 0 Å². The molecular weight excluding hydrogens is 305 g/mol. The molecule has 0 spiro atoms. The predicted octanol–water partition coefficient (Wildman–Crippen LogP) is 2.44. The Bertz CT molecular complexity index is 557. The summed E-state index contributed by atoms with van der Waals surface area (Å²) in [5.74, 6) is 0. The number of anilines is 1. The lowest BCUT2D eigenvalue weighted by molar-refractivity contribution is -0.137. The van der Waals surface area contributed by atoms with Crippen LogP contribution in [0.15, 0.2) is 18.2 Å². The molecule has 2 rings (SSSR count). The number of alkyl halides is 3. The molecule has 0 aromatic heterocycles. The molecule has 0 radical (unpaired) electrons. The highest BCUT2D eigenvalue weighted by molar-refractivity contribution is 5.55. The lowest BCUT2D eigenvalue weighted by atomic mass is 10.1. The van der Waals surface area contributed by atoms with Gasteiger partial charge in [0.15, 0.2) is 0 Å². The number of hydrogen-bond donors (Lipinski definition) is 1. The van der Waals surface area contributed by atoms with Crippen molar-refractivity contribution in [2.45, 2.75) is 19.0 Å². The van der Waals surface area contributed by atoms with Gasteiger partial charge in [-0.25, -0.2) is 0 Å². The van der Waals surface area contributed by atoms with Gasteiger partial charge in [0, 0.05) is 31.9 Å². The number of unbranched alkanes of at least 4 members (excludes halogenated alkanes) is 1. The first-order valence-corrected chi connectivity index (χ1v) is 7.74. The molecule has 0 saturated carbocycles.